The van der Waals surface area contributed by atoms with Gasteiger partial charge in [0.1, 0.15) is 0 Å². The van der Waals surface area contributed by atoms with E-state index in [0.717, 1.165) is 4.90 Å². The molecule has 0 saturated carbocycles. The van der Waals surface area contributed by atoms with Crippen LogP contribution in [-0.2, 0) is 13.8 Å². The van der Waals surface area contributed by atoms with Gasteiger partial charge in [0.15, 0.2) is 12.2 Å². The second kappa shape index (κ2) is 6.08. The summed E-state index contributed by atoms with van der Waals surface area (Å²) in [5, 5.41) is 2.16. The maximum atomic E-state index is 10.9. The van der Waals surface area contributed by atoms with Crippen molar-refractivity contribution in [1.82, 2.24) is 14.9 Å². The van der Waals surface area contributed by atoms with Crippen LogP contribution in [0.4, 0.5) is 4.79 Å². The van der Waals surface area contributed by atoms with Crippen molar-refractivity contribution in [1.29, 1.82) is 0 Å². The van der Waals surface area contributed by atoms with Crippen molar-refractivity contribution in [3.05, 3.63) is 0 Å². The molecule has 0 bridgehead atoms. The van der Waals surface area contributed by atoms with Crippen LogP contribution in [0.1, 0.15) is 0 Å². The fourth-order valence-corrected chi connectivity index (χ4v) is 0.749. The van der Waals surface area contributed by atoms with Gasteiger partial charge in [-0.25, -0.2) is 4.79 Å². The minimum Gasteiger partial charge on any atom is -0.353 e. The number of rotatable bonds is 2. The zero-order valence-corrected chi connectivity index (χ0v) is 8.80. The average molecular weight is 221 g/mol. The Labute approximate surface area is 85.5 Å². The Kier molecular flexibility index (Phi) is 5.46. The Morgan fingerprint density at radius 3 is 2.29 bits per heavy atom. The lowest BCUT2D eigenvalue weighted by Gasteiger charge is -2.08. The van der Waals surface area contributed by atoms with Crippen molar-refractivity contribution in [2.75, 3.05) is 21.1 Å². The summed E-state index contributed by atoms with van der Waals surface area (Å²) in [6.07, 6.45) is -0.715. The highest BCUT2D eigenvalue weighted by Gasteiger charge is 2.16. The largest absolute Gasteiger partial charge is 0.420 e. The number of likely N-dealkylation sites (N-methyl/N-ethyl adjacent to an activating group) is 1. The minimum atomic E-state index is -0.857. The van der Waals surface area contributed by atoms with Crippen molar-refractivity contribution < 1.29 is 18.6 Å². The summed E-state index contributed by atoms with van der Waals surface area (Å²) in [4.78, 5) is 33.5. The summed E-state index contributed by atoms with van der Waals surface area (Å²) >= 11 is 0.381. The molecule has 0 aliphatic heterocycles. The highest BCUT2D eigenvalue weighted by molar-refractivity contribution is 7.93. The molecule has 0 fully saturated rings. The first-order chi connectivity index (χ1) is 6.49. The van der Waals surface area contributed by atoms with Crippen LogP contribution >= 0.6 is 12.2 Å². The zero-order valence-electron chi connectivity index (χ0n) is 7.99. The van der Waals surface area contributed by atoms with Gasteiger partial charge in [-0.05, 0) is 0 Å². The molecule has 0 aromatic rings. The van der Waals surface area contributed by atoms with Crippen LogP contribution in [-0.4, -0.2) is 44.0 Å². The number of amides is 3. The van der Waals surface area contributed by atoms with E-state index in [0.29, 0.717) is 12.2 Å². The van der Waals surface area contributed by atoms with Gasteiger partial charge in [-0.1, -0.05) is 0 Å². The maximum Gasteiger partial charge on any atom is 0.420 e. The van der Waals surface area contributed by atoms with Crippen LogP contribution in [0.5, 0.6) is 0 Å². The van der Waals surface area contributed by atoms with Gasteiger partial charge in [-0.3, -0.25) is 14.3 Å². The van der Waals surface area contributed by atoms with Crippen LogP contribution in [0.2, 0.25) is 0 Å². The summed E-state index contributed by atoms with van der Waals surface area (Å²) in [5.41, 5.74) is 0. The third-order valence-electron chi connectivity index (χ3n) is 1.06. The highest BCUT2D eigenvalue weighted by Crippen LogP contribution is 1.96. The summed E-state index contributed by atoms with van der Waals surface area (Å²) in [7, 11) is 4.24. The van der Waals surface area contributed by atoms with Crippen molar-refractivity contribution >= 4 is 30.1 Å². The number of nitrogens with zero attached hydrogens (tertiary/aromatic N) is 1. The lowest BCUT2D eigenvalue weighted by atomic mass is 10.5. The van der Waals surface area contributed by atoms with E-state index in [1.165, 1.54) is 21.1 Å². The van der Waals surface area contributed by atoms with E-state index < -0.39 is 17.9 Å². The molecule has 0 atom stereocenters. The molecule has 14 heavy (non-hydrogen) atoms. The molecule has 0 saturated heterocycles. The second-order valence-electron chi connectivity index (χ2n) is 2.33. The number of hydrogen-bond acceptors (Lipinski definition) is 5. The van der Waals surface area contributed by atoms with Crippen molar-refractivity contribution in [2.24, 2.45) is 0 Å². The summed E-state index contributed by atoms with van der Waals surface area (Å²) in [6.45, 7) is 0. The predicted molar refractivity (Wildman–Crippen MR) is 50.0 cm³/mol. The van der Waals surface area contributed by atoms with Crippen molar-refractivity contribution in [2.45, 2.75) is 0 Å². The summed E-state index contributed by atoms with van der Waals surface area (Å²) in [6, 6.07) is 0. The summed E-state index contributed by atoms with van der Waals surface area (Å²) in [5.74, 6) is -1.58. The van der Waals surface area contributed by atoms with E-state index in [-0.39, 0.29) is 0 Å². The number of nitrogens with one attached hydrogen (secondary N) is 2. The maximum absolute atomic E-state index is 10.9. The highest BCUT2D eigenvalue weighted by atomic mass is 32.2. The van der Waals surface area contributed by atoms with Gasteiger partial charge in [0.05, 0.1) is 0 Å². The fraction of sp³-hybridized carbons (Fsp3) is 0.500. The molecule has 0 aliphatic carbocycles. The van der Waals surface area contributed by atoms with Crippen LogP contribution in [0.15, 0.2) is 0 Å². The predicted octanol–water partition coefficient (Wildman–Crippen LogP) is -0.890. The molecule has 3 amide bonds. The Morgan fingerprint density at radius 2 is 1.86 bits per heavy atom. The first-order valence-corrected chi connectivity index (χ1v) is 4.30. The van der Waals surface area contributed by atoms with Gasteiger partial charge in [-0.2, -0.15) is 0 Å². The normalized spacial score (nSPS) is 8.79. The monoisotopic (exact) mass is 221 g/mol. The molecule has 0 rings (SSSR count). The van der Waals surface area contributed by atoms with E-state index in [2.05, 4.69) is 9.50 Å². The molecule has 8 heteroatoms. The minimum absolute atomic E-state index is 0.381. The van der Waals surface area contributed by atoms with Crippen LogP contribution in [0.25, 0.3) is 0 Å². The molecule has 0 aromatic carbocycles. The van der Waals surface area contributed by atoms with Gasteiger partial charge in [0.25, 0.3) is 0 Å². The Bertz CT molecular complexity index is 243. The van der Waals surface area contributed by atoms with Gasteiger partial charge in [0.2, 0.25) is 0 Å². The molecule has 0 heterocycles. The van der Waals surface area contributed by atoms with Gasteiger partial charge >= 0.3 is 17.9 Å². The lowest BCUT2D eigenvalue weighted by Crippen LogP contribution is -2.36. The smallest absolute Gasteiger partial charge is 0.353 e. The van der Waals surface area contributed by atoms with Gasteiger partial charge < -0.3 is 14.4 Å². The molecular weight excluding hydrogens is 210 g/mol. The van der Waals surface area contributed by atoms with Crippen LogP contribution < -0.4 is 10.0 Å². The topological polar surface area (TPSA) is 87.7 Å². The van der Waals surface area contributed by atoms with E-state index in [9.17, 15) is 14.4 Å². The van der Waals surface area contributed by atoms with Gasteiger partial charge in [0, 0.05) is 21.1 Å². The quantitative estimate of drug-likeness (QED) is 0.359. The van der Waals surface area contributed by atoms with E-state index >= 15 is 0 Å². The van der Waals surface area contributed by atoms with E-state index in [4.69, 9.17) is 0 Å². The molecular formula is C6H11N3O4S. The Morgan fingerprint density at radius 1 is 1.29 bits per heavy atom. The molecule has 0 spiro atoms. The summed E-state index contributed by atoms with van der Waals surface area (Å²) < 4.78 is 6.39. The van der Waals surface area contributed by atoms with Crippen molar-refractivity contribution in [3.63, 3.8) is 0 Å². The van der Waals surface area contributed by atoms with E-state index in [1.54, 1.807) is 0 Å². The van der Waals surface area contributed by atoms with Crippen molar-refractivity contribution in [3.8, 4) is 0 Å². The molecule has 2 N–H and O–H groups in total. The third kappa shape index (κ3) is 4.55. The molecule has 0 radical (unpaired) electrons. The fourth-order valence-electron chi connectivity index (χ4n) is 0.385. The number of carbonyl (C=O) groups is 3. The molecule has 0 unspecified atom stereocenters. The first-order valence-electron chi connectivity index (χ1n) is 3.56. The SMILES string of the molecule is CNC(=O)OSNC(=O)C(=O)N(C)C. The molecule has 80 valence electrons. The Hall–Kier alpha value is -1.44. The van der Waals surface area contributed by atoms with Crippen LogP contribution in [0.3, 0.4) is 0 Å². The molecule has 0 aromatic heterocycles. The lowest BCUT2D eigenvalue weighted by molar-refractivity contribution is -0.143. The number of hydrogen-bond donors (Lipinski definition) is 2. The second-order valence-corrected chi connectivity index (χ2v) is 2.87. The average Bonchev–Trinajstić information content (AvgIpc) is 2.15. The molecule has 7 nitrogen and oxygen atoms in total. The van der Waals surface area contributed by atoms with Crippen LogP contribution in [0, 0.1) is 0 Å². The molecule has 0 aliphatic rings. The Balaban J connectivity index is 3.75. The number of carbonyl (C=O) groups excluding carboxylic acids is 3. The first kappa shape index (κ1) is 12.6. The van der Waals surface area contributed by atoms with Gasteiger partial charge in [-0.15, -0.1) is 0 Å². The standard InChI is InChI=1S/C6H11N3O4S/c1-7-6(12)13-14-8-4(10)5(11)9(2)3/h1-3H3,(H,7,12)(H,8,10). The third-order valence-corrected chi connectivity index (χ3v) is 1.56. The zero-order chi connectivity index (χ0) is 11.1. The van der Waals surface area contributed by atoms with E-state index in [1.807, 2.05) is 4.72 Å².